The molecule has 6 heteroatoms. The van der Waals surface area contributed by atoms with Crippen LogP contribution in [0, 0.1) is 0 Å². The van der Waals surface area contributed by atoms with E-state index in [1.54, 1.807) is 9.80 Å². The Balaban J connectivity index is 2.14. The average molecular weight is 238 g/mol. The van der Waals surface area contributed by atoms with Gasteiger partial charge in [0.1, 0.15) is 0 Å². The molecule has 1 aliphatic rings. The molecule has 1 aromatic rings. The van der Waals surface area contributed by atoms with E-state index in [4.69, 9.17) is 0 Å². The summed E-state index contributed by atoms with van der Waals surface area (Å²) in [5.41, 5.74) is 1.51. The van der Waals surface area contributed by atoms with Crippen LogP contribution < -0.4 is 5.56 Å². The van der Waals surface area contributed by atoms with Crippen molar-refractivity contribution in [3.63, 3.8) is 0 Å². The average Bonchev–Trinajstić information content (AvgIpc) is 2.72. The number of rotatable bonds is 2. The molecule has 0 atom stereocenters. The molecule has 2 heterocycles. The lowest BCUT2D eigenvalue weighted by atomic mass is 10.1. The van der Waals surface area contributed by atoms with Crippen molar-refractivity contribution < 1.29 is 4.79 Å². The number of fused-ring (bicyclic) bond motifs is 1. The van der Waals surface area contributed by atoms with Gasteiger partial charge in [-0.05, 0) is 13.8 Å². The Morgan fingerprint density at radius 3 is 2.71 bits per heavy atom. The minimum Gasteiger partial charge on any atom is -0.325 e. The monoisotopic (exact) mass is 238 g/mol. The van der Waals surface area contributed by atoms with Gasteiger partial charge < -0.3 is 14.9 Å². The molecule has 2 rings (SSSR count). The number of amides is 2. The molecule has 2 N–H and O–H groups in total. The summed E-state index contributed by atoms with van der Waals surface area (Å²) >= 11 is 0. The maximum Gasteiger partial charge on any atom is 0.320 e. The Bertz CT molecular complexity index is 458. The Morgan fingerprint density at radius 1 is 1.35 bits per heavy atom. The van der Waals surface area contributed by atoms with E-state index in [0.29, 0.717) is 38.2 Å². The number of aromatic nitrogens is 2. The summed E-state index contributed by atoms with van der Waals surface area (Å²) < 4.78 is 0. The Hall–Kier alpha value is -1.72. The third-order valence-electron chi connectivity index (χ3n) is 3.25. The molecule has 6 nitrogen and oxygen atoms in total. The van der Waals surface area contributed by atoms with Gasteiger partial charge in [-0.15, -0.1) is 0 Å². The van der Waals surface area contributed by atoms with Crippen molar-refractivity contribution >= 4 is 6.03 Å². The molecule has 0 unspecified atom stereocenters. The number of H-pyrrole nitrogens is 2. The standard InChI is InChI=1S/C11H18N4O2/c1-3-14(4-2)11(17)15-6-5-9-8(7-15)10(16)13-12-9/h3-7H2,1-2H3,(H2,12,13,16). The molecular weight excluding hydrogens is 220 g/mol. The van der Waals surface area contributed by atoms with E-state index >= 15 is 0 Å². The van der Waals surface area contributed by atoms with Crippen LogP contribution >= 0.6 is 0 Å². The zero-order valence-corrected chi connectivity index (χ0v) is 10.2. The van der Waals surface area contributed by atoms with Gasteiger partial charge in [-0.2, -0.15) is 0 Å². The van der Waals surface area contributed by atoms with E-state index in [1.165, 1.54) is 0 Å². The lowest BCUT2D eigenvalue weighted by Crippen LogP contribution is -2.45. The molecule has 0 spiro atoms. The van der Waals surface area contributed by atoms with E-state index < -0.39 is 0 Å². The number of aromatic amines is 2. The van der Waals surface area contributed by atoms with Gasteiger partial charge in [-0.3, -0.25) is 9.89 Å². The SMILES string of the molecule is CCN(CC)C(=O)N1CCc2[nH][nH]c(=O)c2C1. The summed E-state index contributed by atoms with van der Waals surface area (Å²) in [4.78, 5) is 27.1. The largest absolute Gasteiger partial charge is 0.325 e. The first-order chi connectivity index (χ1) is 8.17. The first-order valence-electron chi connectivity index (χ1n) is 5.99. The van der Waals surface area contributed by atoms with E-state index in [2.05, 4.69) is 10.2 Å². The van der Waals surface area contributed by atoms with Gasteiger partial charge >= 0.3 is 6.03 Å². The van der Waals surface area contributed by atoms with Gasteiger partial charge in [-0.1, -0.05) is 0 Å². The van der Waals surface area contributed by atoms with E-state index in [0.717, 1.165) is 5.69 Å². The van der Waals surface area contributed by atoms with Crippen LogP contribution in [-0.4, -0.2) is 45.7 Å². The number of nitrogens with zero attached hydrogens (tertiary/aromatic N) is 2. The number of carbonyl (C=O) groups is 1. The van der Waals surface area contributed by atoms with Crippen molar-refractivity contribution in [3.05, 3.63) is 21.6 Å². The van der Waals surface area contributed by atoms with Crippen LogP contribution in [0.1, 0.15) is 25.1 Å². The van der Waals surface area contributed by atoms with Crippen LogP contribution in [0.25, 0.3) is 0 Å². The first-order valence-corrected chi connectivity index (χ1v) is 5.99. The first kappa shape index (κ1) is 11.8. The van der Waals surface area contributed by atoms with Crippen molar-refractivity contribution in [2.24, 2.45) is 0 Å². The van der Waals surface area contributed by atoms with Gasteiger partial charge in [-0.25, -0.2) is 4.79 Å². The van der Waals surface area contributed by atoms with Crippen LogP contribution in [0.2, 0.25) is 0 Å². The lowest BCUT2D eigenvalue weighted by molar-refractivity contribution is 0.152. The molecule has 0 saturated carbocycles. The molecule has 0 aliphatic carbocycles. The van der Waals surface area contributed by atoms with Crippen molar-refractivity contribution in [2.45, 2.75) is 26.8 Å². The Labute approximate surface area is 99.6 Å². The maximum atomic E-state index is 12.1. The smallest absolute Gasteiger partial charge is 0.320 e. The molecule has 1 aliphatic heterocycles. The van der Waals surface area contributed by atoms with Crippen LogP contribution in [0.15, 0.2) is 4.79 Å². The van der Waals surface area contributed by atoms with E-state index in [-0.39, 0.29) is 11.6 Å². The fraction of sp³-hybridized carbons (Fsp3) is 0.636. The van der Waals surface area contributed by atoms with Gasteiger partial charge in [0.2, 0.25) is 0 Å². The third-order valence-corrected chi connectivity index (χ3v) is 3.25. The predicted octanol–water partition coefficient (Wildman–Crippen LogP) is 0.523. The van der Waals surface area contributed by atoms with Crippen LogP contribution in [0.4, 0.5) is 4.79 Å². The van der Waals surface area contributed by atoms with Crippen LogP contribution in [0.3, 0.4) is 0 Å². The molecule has 0 aromatic carbocycles. The molecule has 0 bridgehead atoms. The number of carbonyl (C=O) groups excluding carboxylic acids is 1. The van der Waals surface area contributed by atoms with Gasteiger partial charge in [0.25, 0.3) is 5.56 Å². The highest BCUT2D eigenvalue weighted by Gasteiger charge is 2.26. The van der Waals surface area contributed by atoms with Gasteiger partial charge in [0.15, 0.2) is 0 Å². The minimum absolute atomic E-state index is 0.0150. The summed E-state index contributed by atoms with van der Waals surface area (Å²) in [6, 6.07) is 0.0150. The summed E-state index contributed by atoms with van der Waals surface area (Å²) in [7, 11) is 0. The molecule has 2 amide bonds. The van der Waals surface area contributed by atoms with Crippen LogP contribution in [-0.2, 0) is 13.0 Å². The summed E-state index contributed by atoms with van der Waals surface area (Å²) in [6.07, 6.45) is 0.709. The zero-order valence-electron chi connectivity index (χ0n) is 10.2. The van der Waals surface area contributed by atoms with E-state index in [9.17, 15) is 9.59 Å². The fourth-order valence-corrected chi connectivity index (χ4v) is 2.17. The Kier molecular flexibility index (Phi) is 3.21. The Morgan fingerprint density at radius 2 is 2.06 bits per heavy atom. The number of nitrogens with one attached hydrogen (secondary N) is 2. The normalized spacial score (nSPS) is 14.6. The third kappa shape index (κ3) is 2.07. The highest BCUT2D eigenvalue weighted by atomic mass is 16.2. The fourth-order valence-electron chi connectivity index (χ4n) is 2.17. The zero-order chi connectivity index (χ0) is 12.4. The molecule has 1 aromatic heterocycles. The maximum absolute atomic E-state index is 12.1. The quantitative estimate of drug-likeness (QED) is 0.788. The number of urea groups is 1. The molecule has 0 fully saturated rings. The minimum atomic E-state index is -0.114. The second kappa shape index (κ2) is 4.65. The molecule has 0 saturated heterocycles. The molecular formula is C11H18N4O2. The van der Waals surface area contributed by atoms with Crippen LogP contribution in [0.5, 0.6) is 0 Å². The van der Waals surface area contributed by atoms with E-state index in [1.807, 2.05) is 13.8 Å². The lowest BCUT2D eigenvalue weighted by Gasteiger charge is -2.31. The highest BCUT2D eigenvalue weighted by molar-refractivity contribution is 5.74. The van der Waals surface area contributed by atoms with Gasteiger partial charge in [0, 0.05) is 31.7 Å². The summed E-state index contributed by atoms with van der Waals surface area (Å²) in [5.74, 6) is 0. The molecule has 0 radical (unpaired) electrons. The summed E-state index contributed by atoms with van der Waals surface area (Å²) in [5, 5.41) is 5.42. The van der Waals surface area contributed by atoms with Crippen molar-refractivity contribution in [1.29, 1.82) is 0 Å². The second-order valence-electron chi connectivity index (χ2n) is 4.16. The summed E-state index contributed by atoms with van der Waals surface area (Å²) in [6.45, 7) is 6.38. The number of hydrogen-bond donors (Lipinski definition) is 2. The number of hydrogen-bond acceptors (Lipinski definition) is 2. The highest BCUT2D eigenvalue weighted by Crippen LogP contribution is 2.14. The van der Waals surface area contributed by atoms with Crippen molar-refractivity contribution in [2.75, 3.05) is 19.6 Å². The molecule has 17 heavy (non-hydrogen) atoms. The van der Waals surface area contributed by atoms with Crippen molar-refractivity contribution in [3.8, 4) is 0 Å². The second-order valence-corrected chi connectivity index (χ2v) is 4.16. The topological polar surface area (TPSA) is 72.2 Å². The van der Waals surface area contributed by atoms with Crippen molar-refractivity contribution in [1.82, 2.24) is 20.0 Å². The molecule has 94 valence electrons. The predicted molar refractivity (Wildman–Crippen MR) is 63.8 cm³/mol. The van der Waals surface area contributed by atoms with Gasteiger partial charge in [0.05, 0.1) is 12.1 Å².